The molecule has 114 valence electrons. The average Bonchev–Trinajstić information content (AvgIpc) is 2.91. The summed E-state index contributed by atoms with van der Waals surface area (Å²) < 4.78 is 11.9. The second kappa shape index (κ2) is 5.82. The zero-order valence-electron chi connectivity index (χ0n) is 13.2. The van der Waals surface area contributed by atoms with E-state index in [0.29, 0.717) is 6.04 Å². The summed E-state index contributed by atoms with van der Waals surface area (Å²) >= 11 is 0. The maximum atomic E-state index is 5.96. The number of benzene rings is 1. The van der Waals surface area contributed by atoms with Gasteiger partial charge in [-0.25, -0.2) is 0 Å². The Morgan fingerprint density at radius 2 is 2.19 bits per heavy atom. The molecule has 0 aliphatic carbocycles. The second-order valence-corrected chi connectivity index (χ2v) is 6.42. The van der Waals surface area contributed by atoms with Gasteiger partial charge in [0.2, 0.25) is 0 Å². The van der Waals surface area contributed by atoms with Gasteiger partial charge in [0.1, 0.15) is 11.3 Å². The minimum atomic E-state index is 0.0174. The van der Waals surface area contributed by atoms with Crippen LogP contribution in [0.4, 0.5) is 0 Å². The molecule has 1 aliphatic rings. The largest absolute Gasteiger partial charge is 0.459 e. The fourth-order valence-corrected chi connectivity index (χ4v) is 3.17. The van der Waals surface area contributed by atoms with Gasteiger partial charge in [-0.1, -0.05) is 25.1 Å². The van der Waals surface area contributed by atoms with Crippen molar-refractivity contribution in [3.05, 3.63) is 36.1 Å². The molecule has 0 bridgehead atoms. The van der Waals surface area contributed by atoms with E-state index in [1.54, 1.807) is 0 Å². The Labute approximate surface area is 126 Å². The van der Waals surface area contributed by atoms with E-state index in [-0.39, 0.29) is 11.6 Å². The number of nitrogens with one attached hydrogen (secondary N) is 1. The molecule has 3 atom stereocenters. The topological polar surface area (TPSA) is 34.4 Å². The predicted octanol–water partition coefficient (Wildman–Crippen LogP) is 4.43. The summed E-state index contributed by atoms with van der Waals surface area (Å²) in [5.41, 5.74) is 0.982. The highest BCUT2D eigenvalue weighted by atomic mass is 16.5. The summed E-state index contributed by atoms with van der Waals surface area (Å²) in [6, 6.07) is 11.0. The van der Waals surface area contributed by atoms with Gasteiger partial charge in [-0.2, -0.15) is 0 Å². The lowest BCUT2D eigenvalue weighted by molar-refractivity contribution is -0.0791. The Morgan fingerprint density at radius 1 is 1.38 bits per heavy atom. The molecular formula is C18H25NO2. The third kappa shape index (κ3) is 3.14. The third-order valence-electron chi connectivity index (χ3n) is 4.70. The van der Waals surface area contributed by atoms with Crippen molar-refractivity contribution in [2.75, 3.05) is 6.61 Å². The van der Waals surface area contributed by atoms with E-state index in [1.807, 2.05) is 18.2 Å². The van der Waals surface area contributed by atoms with Gasteiger partial charge < -0.3 is 14.5 Å². The van der Waals surface area contributed by atoms with Crippen molar-refractivity contribution in [2.45, 2.75) is 57.7 Å². The quantitative estimate of drug-likeness (QED) is 0.903. The Bertz CT molecular complexity index is 573. The smallest absolute Gasteiger partial charge is 0.134 e. The van der Waals surface area contributed by atoms with Gasteiger partial charge in [0.25, 0.3) is 0 Å². The van der Waals surface area contributed by atoms with Gasteiger partial charge in [-0.05, 0) is 45.2 Å². The van der Waals surface area contributed by atoms with E-state index in [0.717, 1.165) is 37.2 Å². The SMILES string of the molecule is CCC1(C)CC(NC(C)c2cc3ccccc3o2)CCO1. The molecule has 0 amide bonds. The second-order valence-electron chi connectivity index (χ2n) is 6.42. The molecule has 1 fully saturated rings. The Kier molecular flexibility index (Phi) is 4.05. The molecule has 0 spiro atoms. The highest BCUT2D eigenvalue weighted by Gasteiger charge is 2.32. The standard InChI is InChI=1S/C18H25NO2/c1-4-18(3)12-15(9-10-20-18)19-13(2)17-11-14-7-5-6-8-16(14)21-17/h5-8,11,13,15,19H,4,9-10,12H2,1-3H3. The minimum absolute atomic E-state index is 0.0174. The molecular weight excluding hydrogens is 262 g/mol. The number of hydrogen-bond acceptors (Lipinski definition) is 3. The summed E-state index contributed by atoms with van der Waals surface area (Å²) in [5.74, 6) is 1.01. The number of fused-ring (bicyclic) bond motifs is 1. The van der Waals surface area contributed by atoms with E-state index in [9.17, 15) is 0 Å². The van der Waals surface area contributed by atoms with Crippen LogP contribution in [-0.2, 0) is 4.74 Å². The molecule has 1 aromatic carbocycles. The van der Waals surface area contributed by atoms with E-state index < -0.39 is 0 Å². The van der Waals surface area contributed by atoms with Crippen molar-refractivity contribution < 1.29 is 9.15 Å². The molecule has 3 heteroatoms. The molecule has 3 unspecified atom stereocenters. The highest BCUT2D eigenvalue weighted by molar-refractivity contribution is 5.77. The predicted molar refractivity (Wildman–Crippen MR) is 85.4 cm³/mol. The molecule has 1 aromatic heterocycles. The molecule has 3 nitrogen and oxygen atoms in total. The van der Waals surface area contributed by atoms with Gasteiger partial charge >= 0.3 is 0 Å². The number of rotatable bonds is 4. The molecule has 2 aromatic rings. The summed E-state index contributed by atoms with van der Waals surface area (Å²) in [6.45, 7) is 7.43. The fourth-order valence-electron chi connectivity index (χ4n) is 3.17. The van der Waals surface area contributed by atoms with E-state index in [2.05, 4.69) is 38.2 Å². The van der Waals surface area contributed by atoms with E-state index in [1.165, 1.54) is 5.39 Å². The van der Waals surface area contributed by atoms with Gasteiger partial charge in [0.05, 0.1) is 11.6 Å². The van der Waals surface area contributed by atoms with Crippen molar-refractivity contribution in [3.8, 4) is 0 Å². The summed E-state index contributed by atoms with van der Waals surface area (Å²) in [6.07, 6.45) is 3.19. The zero-order chi connectivity index (χ0) is 14.9. The van der Waals surface area contributed by atoms with Crippen LogP contribution in [0.15, 0.2) is 34.7 Å². The summed E-state index contributed by atoms with van der Waals surface area (Å²) in [5, 5.41) is 4.88. The number of para-hydroxylation sites is 1. The molecule has 2 heterocycles. The lowest BCUT2D eigenvalue weighted by Crippen LogP contribution is -2.45. The maximum Gasteiger partial charge on any atom is 0.134 e. The first-order valence-corrected chi connectivity index (χ1v) is 7.98. The van der Waals surface area contributed by atoms with Crippen LogP contribution in [0.3, 0.4) is 0 Å². The first kappa shape index (κ1) is 14.6. The van der Waals surface area contributed by atoms with Crippen LogP contribution in [0, 0.1) is 0 Å². The number of furan rings is 1. The number of ether oxygens (including phenoxy) is 1. The molecule has 1 saturated heterocycles. The first-order chi connectivity index (χ1) is 10.1. The number of hydrogen-bond donors (Lipinski definition) is 1. The van der Waals surface area contributed by atoms with Crippen molar-refractivity contribution in [1.29, 1.82) is 0 Å². The molecule has 1 aliphatic heterocycles. The van der Waals surface area contributed by atoms with Crippen molar-refractivity contribution in [3.63, 3.8) is 0 Å². The third-order valence-corrected chi connectivity index (χ3v) is 4.70. The van der Waals surface area contributed by atoms with Crippen molar-refractivity contribution >= 4 is 11.0 Å². The van der Waals surface area contributed by atoms with E-state index >= 15 is 0 Å². The lowest BCUT2D eigenvalue weighted by atomic mass is 9.89. The minimum Gasteiger partial charge on any atom is -0.459 e. The van der Waals surface area contributed by atoms with Gasteiger partial charge in [0, 0.05) is 18.0 Å². The van der Waals surface area contributed by atoms with Crippen LogP contribution in [0.5, 0.6) is 0 Å². The van der Waals surface area contributed by atoms with Crippen LogP contribution in [0.25, 0.3) is 11.0 Å². The molecule has 1 N–H and O–H groups in total. The Hall–Kier alpha value is -1.32. The fraction of sp³-hybridized carbons (Fsp3) is 0.556. The van der Waals surface area contributed by atoms with Gasteiger partial charge in [-0.15, -0.1) is 0 Å². The summed E-state index contributed by atoms with van der Waals surface area (Å²) in [4.78, 5) is 0. The summed E-state index contributed by atoms with van der Waals surface area (Å²) in [7, 11) is 0. The molecule has 0 radical (unpaired) electrons. The zero-order valence-corrected chi connectivity index (χ0v) is 13.2. The normalized spacial score (nSPS) is 27.9. The monoisotopic (exact) mass is 287 g/mol. The molecule has 3 rings (SSSR count). The molecule has 0 saturated carbocycles. The average molecular weight is 287 g/mol. The van der Waals surface area contributed by atoms with Crippen LogP contribution >= 0.6 is 0 Å². The van der Waals surface area contributed by atoms with Crippen LogP contribution in [-0.4, -0.2) is 18.2 Å². The van der Waals surface area contributed by atoms with Crippen molar-refractivity contribution in [2.24, 2.45) is 0 Å². The van der Waals surface area contributed by atoms with Gasteiger partial charge in [0.15, 0.2) is 0 Å². The Morgan fingerprint density at radius 3 is 2.95 bits per heavy atom. The molecule has 21 heavy (non-hydrogen) atoms. The lowest BCUT2D eigenvalue weighted by Gasteiger charge is -2.39. The van der Waals surface area contributed by atoms with Crippen molar-refractivity contribution in [1.82, 2.24) is 5.32 Å². The van der Waals surface area contributed by atoms with Crippen LogP contribution < -0.4 is 5.32 Å². The Balaban J connectivity index is 1.69. The first-order valence-electron chi connectivity index (χ1n) is 7.98. The van der Waals surface area contributed by atoms with Crippen LogP contribution in [0.2, 0.25) is 0 Å². The maximum absolute atomic E-state index is 5.96. The highest BCUT2D eigenvalue weighted by Crippen LogP contribution is 2.30. The van der Waals surface area contributed by atoms with Gasteiger partial charge in [-0.3, -0.25) is 0 Å². The van der Waals surface area contributed by atoms with E-state index in [4.69, 9.17) is 9.15 Å². The van der Waals surface area contributed by atoms with Crippen LogP contribution in [0.1, 0.15) is 51.8 Å².